The second-order valence-corrected chi connectivity index (χ2v) is 6.01. The molecule has 0 amide bonds. The lowest BCUT2D eigenvalue weighted by molar-refractivity contribution is 0.00604. The van der Waals surface area contributed by atoms with Crippen molar-refractivity contribution in [3.63, 3.8) is 0 Å². The molecule has 1 fully saturated rings. The molecular formula is C15H16ClN5O. The number of nitriles is 1. The standard InChI is InChI=1S/C15H16ClN5O/c16-13-4-1-3-12(9-17)14(13)20-7-2-5-15(22,10-20)11-21-8-6-18-19-21/h1,3-4,6,8,22H,2,5,7,10-11H2. The van der Waals surface area contributed by atoms with Gasteiger partial charge in [-0.2, -0.15) is 5.26 Å². The number of benzene rings is 1. The molecule has 0 spiro atoms. The highest BCUT2D eigenvalue weighted by atomic mass is 35.5. The van der Waals surface area contributed by atoms with Crippen LogP contribution < -0.4 is 4.90 Å². The SMILES string of the molecule is N#Cc1cccc(Cl)c1N1CCCC(O)(Cn2ccnn2)C1. The maximum absolute atomic E-state index is 10.9. The number of nitrogens with zero attached hydrogens (tertiary/aromatic N) is 5. The number of hydrogen-bond acceptors (Lipinski definition) is 5. The number of rotatable bonds is 3. The molecule has 1 N–H and O–H groups in total. The van der Waals surface area contributed by atoms with Gasteiger partial charge < -0.3 is 10.0 Å². The fourth-order valence-corrected chi connectivity index (χ4v) is 3.27. The molecular weight excluding hydrogens is 302 g/mol. The van der Waals surface area contributed by atoms with Crippen molar-refractivity contribution in [1.29, 1.82) is 5.26 Å². The van der Waals surface area contributed by atoms with Crippen LogP contribution in [0.25, 0.3) is 0 Å². The zero-order valence-electron chi connectivity index (χ0n) is 12.0. The van der Waals surface area contributed by atoms with Gasteiger partial charge >= 0.3 is 0 Å². The molecule has 1 aliphatic rings. The summed E-state index contributed by atoms with van der Waals surface area (Å²) in [5.74, 6) is 0. The average molecular weight is 318 g/mol. The normalized spacial score (nSPS) is 21.6. The van der Waals surface area contributed by atoms with E-state index in [0.717, 1.165) is 13.0 Å². The van der Waals surface area contributed by atoms with Crippen molar-refractivity contribution in [2.45, 2.75) is 25.0 Å². The van der Waals surface area contributed by atoms with Gasteiger partial charge in [-0.1, -0.05) is 22.9 Å². The molecule has 3 rings (SSSR count). The van der Waals surface area contributed by atoms with Crippen LogP contribution in [0.15, 0.2) is 30.6 Å². The molecule has 1 aliphatic heterocycles. The van der Waals surface area contributed by atoms with Crippen LogP contribution in [0.2, 0.25) is 5.02 Å². The molecule has 114 valence electrons. The lowest BCUT2D eigenvalue weighted by Crippen LogP contribution is -2.51. The summed E-state index contributed by atoms with van der Waals surface area (Å²) in [7, 11) is 0. The van der Waals surface area contributed by atoms with Crippen LogP contribution in [0, 0.1) is 11.3 Å². The third-order valence-electron chi connectivity index (χ3n) is 3.91. The number of para-hydroxylation sites is 1. The summed E-state index contributed by atoms with van der Waals surface area (Å²) in [5.41, 5.74) is 0.304. The first-order valence-corrected chi connectivity index (χ1v) is 7.49. The van der Waals surface area contributed by atoms with Crippen molar-refractivity contribution in [1.82, 2.24) is 15.0 Å². The maximum Gasteiger partial charge on any atom is 0.102 e. The van der Waals surface area contributed by atoms with Gasteiger partial charge in [-0.05, 0) is 25.0 Å². The van der Waals surface area contributed by atoms with E-state index in [-0.39, 0.29) is 0 Å². The molecule has 22 heavy (non-hydrogen) atoms. The number of piperidine rings is 1. The number of aromatic nitrogens is 3. The highest BCUT2D eigenvalue weighted by Crippen LogP contribution is 2.34. The van der Waals surface area contributed by atoms with Crippen molar-refractivity contribution in [3.05, 3.63) is 41.2 Å². The maximum atomic E-state index is 10.9. The van der Waals surface area contributed by atoms with Crippen LogP contribution in [0.4, 0.5) is 5.69 Å². The largest absolute Gasteiger partial charge is 0.386 e. The minimum Gasteiger partial charge on any atom is -0.386 e. The van der Waals surface area contributed by atoms with Crippen LogP contribution in [-0.2, 0) is 6.54 Å². The predicted octanol–water partition coefficient (Wildman–Crippen LogP) is 1.83. The van der Waals surface area contributed by atoms with E-state index in [2.05, 4.69) is 16.4 Å². The first kappa shape index (κ1) is 14.8. The van der Waals surface area contributed by atoms with Gasteiger partial charge in [-0.25, -0.2) is 4.68 Å². The van der Waals surface area contributed by atoms with Gasteiger partial charge in [0.05, 0.1) is 29.0 Å². The van der Waals surface area contributed by atoms with Crippen LogP contribution in [0.3, 0.4) is 0 Å². The Hall–Kier alpha value is -2.10. The van der Waals surface area contributed by atoms with Gasteiger partial charge in [0.15, 0.2) is 0 Å². The summed E-state index contributed by atoms with van der Waals surface area (Å²) in [6.45, 7) is 1.54. The van der Waals surface area contributed by atoms with Crippen molar-refractivity contribution in [2.75, 3.05) is 18.0 Å². The van der Waals surface area contributed by atoms with Crippen LogP contribution in [-0.4, -0.2) is 38.8 Å². The fraction of sp³-hybridized carbons (Fsp3) is 0.400. The number of aliphatic hydroxyl groups is 1. The smallest absolute Gasteiger partial charge is 0.102 e. The van der Waals surface area contributed by atoms with E-state index in [1.54, 1.807) is 35.3 Å². The van der Waals surface area contributed by atoms with Gasteiger partial charge in [-0.3, -0.25) is 0 Å². The Bertz CT molecular complexity index is 696. The Morgan fingerprint density at radius 3 is 3.05 bits per heavy atom. The highest BCUT2D eigenvalue weighted by molar-refractivity contribution is 6.33. The topological polar surface area (TPSA) is 78.0 Å². The minimum atomic E-state index is -0.919. The molecule has 1 aromatic heterocycles. The Kier molecular flexibility index (Phi) is 4.01. The fourth-order valence-electron chi connectivity index (χ4n) is 2.98. The molecule has 2 aromatic rings. The Labute approximate surface area is 133 Å². The Morgan fingerprint density at radius 1 is 1.45 bits per heavy atom. The second-order valence-electron chi connectivity index (χ2n) is 5.60. The van der Waals surface area contributed by atoms with E-state index in [9.17, 15) is 10.4 Å². The van der Waals surface area contributed by atoms with E-state index in [0.29, 0.717) is 35.8 Å². The molecule has 0 saturated carbocycles. The van der Waals surface area contributed by atoms with E-state index in [1.165, 1.54) is 0 Å². The predicted molar refractivity (Wildman–Crippen MR) is 82.6 cm³/mol. The number of β-amino-alcohol motifs (C(OH)–C–C–N with tert-alkyl or cyclic N) is 1. The summed E-state index contributed by atoms with van der Waals surface area (Å²) in [5, 5.41) is 28.4. The van der Waals surface area contributed by atoms with E-state index >= 15 is 0 Å². The third kappa shape index (κ3) is 2.91. The molecule has 1 saturated heterocycles. The number of anilines is 1. The molecule has 0 bridgehead atoms. The second kappa shape index (κ2) is 5.95. The van der Waals surface area contributed by atoms with Crippen LogP contribution in [0.5, 0.6) is 0 Å². The van der Waals surface area contributed by atoms with Crippen LogP contribution >= 0.6 is 11.6 Å². The van der Waals surface area contributed by atoms with Crippen molar-refractivity contribution in [3.8, 4) is 6.07 Å². The summed E-state index contributed by atoms with van der Waals surface area (Å²) < 4.78 is 1.63. The van der Waals surface area contributed by atoms with E-state index < -0.39 is 5.60 Å². The zero-order chi connectivity index (χ0) is 15.6. The first-order valence-electron chi connectivity index (χ1n) is 7.11. The third-order valence-corrected chi connectivity index (χ3v) is 4.21. The van der Waals surface area contributed by atoms with Gasteiger partial charge in [0.25, 0.3) is 0 Å². The van der Waals surface area contributed by atoms with Gasteiger partial charge in [0.1, 0.15) is 11.7 Å². The molecule has 1 atom stereocenters. The Morgan fingerprint density at radius 2 is 2.32 bits per heavy atom. The molecule has 0 aliphatic carbocycles. The van der Waals surface area contributed by atoms with Crippen molar-refractivity contribution < 1.29 is 5.11 Å². The number of hydrogen-bond donors (Lipinski definition) is 1. The molecule has 1 aromatic carbocycles. The lowest BCUT2D eigenvalue weighted by Gasteiger charge is -2.40. The van der Waals surface area contributed by atoms with Gasteiger partial charge in [0.2, 0.25) is 0 Å². The van der Waals surface area contributed by atoms with E-state index in [1.807, 2.05) is 4.90 Å². The quantitative estimate of drug-likeness (QED) is 0.934. The van der Waals surface area contributed by atoms with E-state index in [4.69, 9.17) is 11.6 Å². The summed E-state index contributed by atoms with van der Waals surface area (Å²) in [6, 6.07) is 7.44. The minimum absolute atomic E-state index is 0.371. The first-order chi connectivity index (χ1) is 10.6. The van der Waals surface area contributed by atoms with Gasteiger partial charge in [-0.15, -0.1) is 5.10 Å². The van der Waals surface area contributed by atoms with Gasteiger partial charge in [0, 0.05) is 19.3 Å². The summed E-state index contributed by atoms with van der Waals surface area (Å²) >= 11 is 6.28. The van der Waals surface area contributed by atoms with Crippen molar-refractivity contribution >= 4 is 17.3 Å². The monoisotopic (exact) mass is 317 g/mol. The molecule has 6 nitrogen and oxygen atoms in total. The zero-order valence-corrected chi connectivity index (χ0v) is 12.7. The summed E-state index contributed by atoms with van der Waals surface area (Å²) in [6.07, 6.45) is 4.82. The van der Waals surface area contributed by atoms with Crippen molar-refractivity contribution in [2.24, 2.45) is 0 Å². The molecule has 1 unspecified atom stereocenters. The molecule has 0 radical (unpaired) electrons. The summed E-state index contributed by atoms with van der Waals surface area (Å²) in [4.78, 5) is 1.99. The average Bonchev–Trinajstić information content (AvgIpc) is 2.99. The molecule has 2 heterocycles. The number of halogens is 1. The lowest BCUT2D eigenvalue weighted by atomic mass is 9.92. The molecule has 7 heteroatoms. The highest BCUT2D eigenvalue weighted by Gasteiger charge is 2.35. The van der Waals surface area contributed by atoms with Crippen LogP contribution in [0.1, 0.15) is 18.4 Å². The Balaban J connectivity index is 1.86.